The fraction of sp³-hybridized carbons (Fsp3) is 0.107. The van der Waals surface area contributed by atoms with E-state index in [1.165, 1.54) is 49.7 Å². The molecule has 2 aromatic heterocycles. The van der Waals surface area contributed by atoms with Gasteiger partial charge in [0.2, 0.25) is 0 Å². The number of anilines is 6. The molecule has 0 saturated heterocycles. The molecule has 0 spiro atoms. The lowest BCUT2D eigenvalue weighted by Gasteiger charge is -2.42. The summed E-state index contributed by atoms with van der Waals surface area (Å²) in [5.74, 6) is 0. The Morgan fingerprint density at radius 1 is 0.410 bits per heavy atom. The van der Waals surface area contributed by atoms with E-state index in [0.717, 1.165) is 60.4 Å². The highest BCUT2D eigenvalue weighted by Crippen LogP contribution is 2.53. The van der Waals surface area contributed by atoms with Gasteiger partial charge in [0.05, 0.1) is 33.8 Å². The third-order valence-electron chi connectivity index (χ3n) is 13.3. The number of aromatic nitrogens is 2. The van der Waals surface area contributed by atoms with Crippen LogP contribution >= 0.6 is 11.3 Å². The topological polar surface area (TPSA) is 32.3 Å². The summed E-state index contributed by atoms with van der Waals surface area (Å²) in [6.07, 6.45) is 0. The minimum Gasteiger partial charge on any atom is -0.310 e. The summed E-state index contributed by atoms with van der Waals surface area (Å²) in [7, 11) is 0. The predicted octanol–water partition coefficient (Wildman–Crippen LogP) is 15.5. The van der Waals surface area contributed by atoms with Crippen LogP contribution in [0.1, 0.15) is 49.9 Å². The molecule has 0 fully saturated rings. The van der Waals surface area contributed by atoms with Gasteiger partial charge in [-0.15, -0.1) is 11.3 Å². The number of benzene rings is 8. The lowest BCUT2D eigenvalue weighted by atomic mass is 9.73. The van der Waals surface area contributed by atoms with Crippen molar-refractivity contribution in [2.75, 3.05) is 9.80 Å². The van der Waals surface area contributed by atoms with Crippen molar-refractivity contribution < 1.29 is 0 Å². The molecule has 0 N–H and O–H groups in total. The van der Waals surface area contributed by atoms with E-state index < -0.39 is 0 Å². The average molecular weight is 803 g/mol. The van der Waals surface area contributed by atoms with Crippen LogP contribution in [0.25, 0.3) is 53.7 Å². The smallest absolute Gasteiger partial charge is 0.143 e. The quantitative estimate of drug-likeness (QED) is 0.177. The number of hydrogen-bond donors (Lipinski definition) is 0. The lowest BCUT2D eigenvalue weighted by molar-refractivity contribution is 0.632. The fourth-order valence-corrected chi connectivity index (χ4v) is 11.2. The molecule has 0 saturated carbocycles. The Morgan fingerprint density at radius 3 is 1.23 bits per heavy atom. The first-order valence-electron chi connectivity index (χ1n) is 21.1. The molecule has 0 aliphatic carbocycles. The van der Waals surface area contributed by atoms with Gasteiger partial charge in [0.25, 0.3) is 0 Å². The van der Waals surface area contributed by atoms with Crippen LogP contribution in [0.5, 0.6) is 0 Å². The Bertz CT molecular complexity index is 3280. The minimum absolute atomic E-state index is 0.114. The van der Waals surface area contributed by atoms with Crippen molar-refractivity contribution in [1.29, 1.82) is 0 Å². The Hall–Kier alpha value is -7.08. The zero-order valence-corrected chi connectivity index (χ0v) is 35.3. The van der Waals surface area contributed by atoms with Crippen molar-refractivity contribution in [3.05, 3.63) is 204 Å². The molecule has 0 unspecified atom stereocenters. The van der Waals surface area contributed by atoms with Gasteiger partial charge in [-0.25, -0.2) is 9.97 Å². The maximum Gasteiger partial charge on any atom is 0.143 e. The van der Waals surface area contributed by atoms with E-state index >= 15 is 0 Å². The standard InChI is InChI=1S/C56H42N4S/c1-55(2)42-16-6-10-20-48(42)59(49-21-11-7-17-43(49)55)37-29-25-35(26-30-37)40-33-46-47(58-54-53(57-46)39-15-5-14-24-52(39)61-54)34-41(40)36-27-31-38(32-28-36)60-50-22-12-8-18-44(50)56(3,4)45-19-9-13-23-51(45)60/h5-34H,1-4H3. The molecule has 4 nitrogen and oxygen atoms in total. The van der Waals surface area contributed by atoms with Crippen LogP contribution in [0.15, 0.2) is 182 Å². The summed E-state index contributed by atoms with van der Waals surface area (Å²) in [6.45, 7) is 9.33. The largest absolute Gasteiger partial charge is 0.310 e. The van der Waals surface area contributed by atoms with E-state index in [0.29, 0.717) is 0 Å². The number of thiophene rings is 1. The van der Waals surface area contributed by atoms with Crippen molar-refractivity contribution in [3.63, 3.8) is 0 Å². The van der Waals surface area contributed by atoms with Gasteiger partial charge in [-0.1, -0.05) is 143 Å². The summed E-state index contributed by atoms with van der Waals surface area (Å²) in [5, 5.41) is 1.15. The van der Waals surface area contributed by atoms with Crippen LogP contribution < -0.4 is 9.80 Å². The van der Waals surface area contributed by atoms with Gasteiger partial charge in [0.1, 0.15) is 10.3 Å². The summed E-state index contributed by atoms with van der Waals surface area (Å²) in [5.41, 5.74) is 19.4. The Labute approximate surface area is 360 Å². The van der Waals surface area contributed by atoms with Gasteiger partial charge in [-0.3, -0.25) is 0 Å². The highest BCUT2D eigenvalue weighted by molar-refractivity contribution is 7.25. The molecule has 5 heteroatoms. The van der Waals surface area contributed by atoms with Crippen LogP contribution in [-0.2, 0) is 10.8 Å². The molecular weight excluding hydrogens is 761 g/mol. The first-order chi connectivity index (χ1) is 29.8. The van der Waals surface area contributed by atoms with Crippen LogP contribution in [0.3, 0.4) is 0 Å². The highest BCUT2D eigenvalue weighted by Gasteiger charge is 2.38. The maximum atomic E-state index is 5.30. The molecule has 10 aromatic rings. The van der Waals surface area contributed by atoms with E-state index in [2.05, 4.69) is 219 Å². The van der Waals surface area contributed by atoms with Gasteiger partial charge in [-0.2, -0.15) is 0 Å². The van der Waals surface area contributed by atoms with Gasteiger partial charge >= 0.3 is 0 Å². The van der Waals surface area contributed by atoms with Crippen LogP contribution in [0.2, 0.25) is 0 Å². The van der Waals surface area contributed by atoms with Crippen molar-refractivity contribution in [3.8, 4) is 22.3 Å². The number of nitrogens with zero attached hydrogens (tertiary/aromatic N) is 4. The molecule has 0 amide bonds. The third-order valence-corrected chi connectivity index (χ3v) is 14.3. The van der Waals surface area contributed by atoms with Crippen LogP contribution in [0.4, 0.5) is 34.1 Å². The Morgan fingerprint density at radius 2 is 0.787 bits per heavy atom. The fourth-order valence-electron chi connectivity index (χ4n) is 10.1. The predicted molar refractivity (Wildman–Crippen MR) is 257 cm³/mol. The molecular formula is C56H42N4S. The summed E-state index contributed by atoms with van der Waals surface area (Å²) in [4.78, 5) is 16.4. The number of rotatable bonds is 4. The van der Waals surface area contributed by atoms with E-state index in [1.54, 1.807) is 11.3 Å². The summed E-state index contributed by atoms with van der Waals surface area (Å²) < 4.78 is 1.20. The average Bonchev–Trinajstić information content (AvgIpc) is 3.66. The monoisotopic (exact) mass is 802 g/mol. The molecule has 2 aliphatic heterocycles. The van der Waals surface area contributed by atoms with E-state index in [1.807, 2.05) is 0 Å². The SMILES string of the molecule is CC1(C)c2ccccc2N(c2ccc(-c3cc4nc5sc6ccccc6c5nc4cc3-c3ccc(N4c5ccccc5C(C)(C)c5ccccc54)cc3)cc2)c2ccccc21. The van der Waals surface area contributed by atoms with Gasteiger partial charge in [0, 0.05) is 32.3 Å². The molecule has 0 atom stereocenters. The molecule has 292 valence electrons. The Balaban J connectivity index is 1.01. The highest BCUT2D eigenvalue weighted by atomic mass is 32.1. The maximum absolute atomic E-state index is 5.30. The molecule has 0 bridgehead atoms. The first kappa shape index (κ1) is 35.8. The lowest BCUT2D eigenvalue weighted by Crippen LogP contribution is -2.30. The van der Waals surface area contributed by atoms with E-state index in [-0.39, 0.29) is 10.8 Å². The molecule has 0 radical (unpaired) electrons. The minimum atomic E-state index is -0.114. The summed E-state index contributed by atoms with van der Waals surface area (Å²) in [6, 6.07) is 66.5. The second-order valence-corrected chi connectivity index (χ2v) is 18.5. The van der Waals surface area contributed by atoms with Crippen LogP contribution in [0, 0.1) is 0 Å². The molecule has 61 heavy (non-hydrogen) atoms. The van der Waals surface area contributed by atoms with Crippen LogP contribution in [-0.4, -0.2) is 9.97 Å². The van der Waals surface area contributed by atoms with Crippen molar-refractivity contribution in [1.82, 2.24) is 9.97 Å². The van der Waals surface area contributed by atoms with Gasteiger partial charge in [0.15, 0.2) is 0 Å². The number of hydrogen-bond acceptors (Lipinski definition) is 5. The van der Waals surface area contributed by atoms with Gasteiger partial charge < -0.3 is 9.80 Å². The Kier molecular flexibility index (Phi) is 7.76. The van der Waals surface area contributed by atoms with E-state index in [9.17, 15) is 0 Å². The normalized spacial score (nSPS) is 14.8. The molecule has 12 rings (SSSR count). The molecule has 8 aromatic carbocycles. The summed E-state index contributed by atoms with van der Waals surface area (Å²) >= 11 is 1.71. The second kappa shape index (κ2) is 13.2. The van der Waals surface area contributed by atoms with Crippen molar-refractivity contribution in [2.45, 2.75) is 38.5 Å². The molecule has 4 heterocycles. The van der Waals surface area contributed by atoms with Crippen molar-refractivity contribution in [2.24, 2.45) is 0 Å². The number of fused-ring (bicyclic) bond motifs is 8. The third kappa shape index (κ3) is 5.37. The zero-order valence-electron chi connectivity index (χ0n) is 34.5. The second-order valence-electron chi connectivity index (χ2n) is 17.4. The zero-order chi connectivity index (χ0) is 41.0. The number of para-hydroxylation sites is 4. The first-order valence-corrected chi connectivity index (χ1v) is 21.9. The molecule has 2 aliphatic rings. The van der Waals surface area contributed by atoms with Gasteiger partial charge in [-0.05, 0) is 111 Å². The van der Waals surface area contributed by atoms with E-state index in [4.69, 9.17) is 9.97 Å². The van der Waals surface area contributed by atoms with Crippen molar-refractivity contribution >= 4 is 76.9 Å².